The van der Waals surface area contributed by atoms with Gasteiger partial charge in [0.2, 0.25) is 0 Å². The van der Waals surface area contributed by atoms with Crippen LogP contribution < -0.4 is 0 Å². The van der Waals surface area contributed by atoms with Crippen LogP contribution in [0.15, 0.2) is 56.2 Å². The largest absolute Gasteiger partial charge is 0.462 e. The Morgan fingerprint density at radius 3 is 1.94 bits per heavy atom. The van der Waals surface area contributed by atoms with E-state index in [1.165, 1.54) is 6.92 Å². The van der Waals surface area contributed by atoms with E-state index in [0.717, 1.165) is 23.3 Å². The van der Waals surface area contributed by atoms with Gasteiger partial charge in [-0.1, -0.05) is 50.1 Å². The lowest BCUT2D eigenvalue weighted by atomic mass is 10.1. The van der Waals surface area contributed by atoms with Crippen molar-refractivity contribution in [1.82, 2.24) is 0 Å². The second kappa shape index (κ2) is 21.3. The summed E-state index contributed by atoms with van der Waals surface area (Å²) in [5.74, 6) is -0.982. The van der Waals surface area contributed by atoms with Crippen LogP contribution in [0.3, 0.4) is 0 Å². The molecule has 0 bridgehead atoms. The molecule has 9 heteroatoms. The van der Waals surface area contributed by atoms with Crippen LogP contribution in [0, 0.1) is 0 Å². The second-order valence-electron chi connectivity index (χ2n) is 5.61. The number of Topliss-reactive ketones (excluding diaryl/α,β-unsaturated/α-hetero) is 1. The predicted molar refractivity (Wildman–Crippen MR) is 125 cm³/mol. The van der Waals surface area contributed by atoms with Crippen molar-refractivity contribution in [3.63, 3.8) is 0 Å². The Balaban J connectivity index is 0. The number of ketones is 1. The first-order chi connectivity index (χ1) is 15.2. The summed E-state index contributed by atoms with van der Waals surface area (Å²) in [7, 11) is 0. The highest BCUT2D eigenvalue weighted by molar-refractivity contribution is 6.18. The number of alkyl halides is 2. The molecule has 1 aromatic carbocycles. The maximum Gasteiger partial charge on any atom is 0.330 e. The standard InChI is InChI=1S/C9H9Cl.C9H12O5.C5H7ClO2/c1-2-8-4-3-5-9(6-8)7-10;1-3-8(11)13-4-5-14-9(12)6-7(2)10;1-2-5(7)8-4-3-6/h2-6H,1,7H2;3H,1,4-6H2,2H3;2H,1,3-4H2. The number of hydrogen-bond acceptors (Lipinski definition) is 7. The monoisotopic (exact) mass is 486 g/mol. The zero-order chi connectivity index (χ0) is 24.8. The Labute approximate surface area is 198 Å². The molecule has 0 radical (unpaired) electrons. The van der Waals surface area contributed by atoms with Crippen molar-refractivity contribution >= 4 is 53.0 Å². The van der Waals surface area contributed by atoms with Gasteiger partial charge in [0.1, 0.15) is 32.0 Å². The average Bonchev–Trinajstić information content (AvgIpc) is 2.80. The molecule has 0 atom stereocenters. The minimum Gasteiger partial charge on any atom is -0.462 e. The highest BCUT2D eigenvalue weighted by atomic mass is 35.5. The molecule has 0 unspecified atom stereocenters. The SMILES string of the molecule is C=CC(=O)OCCCl.C=CC(=O)OCCOC(=O)CC(C)=O.C=Cc1cccc(CCl)c1. The van der Waals surface area contributed by atoms with Gasteiger partial charge in [-0.3, -0.25) is 9.59 Å². The van der Waals surface area contributed by atoms with E-state index in [0.29, 0.717) is 11.8 Å². The molecular weight excluding hydrogens is 459 g/mol. The van der Waals surface area contributed by atoms with E-state index in [1.54, 1.807) is 0 Å². The minimum absolute atomic E-state index is 0.0332. The van der Waals surface area contributed by atoms with E-state index in [4.69, 9.17) is 23.2 Å². The minimum atomic E-state index is -0.618. The molecule has 0 aromatic heterocycles. The molecular formula is C23H28Cl2O7. The van der Waals surface area contributed by atoms with Gasteiger partial charge in [0.05, 0.1) is 5.88 Å². The number of ether oxygens (including phenoxy) is 3. The molecule has 7 nitrogen and oxygen atoms in total. The fourth-order valence-electron chi connectivity index (χ4n) is 1.61. The summed E-state index contributed by atoms with van der Waals surface area (Å²) >= 11 is 10.8. The van der Waals surface area contributed by atoms with Crippen LogP contribution in [-0.4, -0.2) is 49.4 Å². The molecule has 0 aliphatic heterocycles. The van der Waals surface area contributed by atoms with Crippen molar-refractivity contribution in [1.29, 1.82) is 0 Å². The van der Waals surface area contributed by atoms with Crippen molar-refractivity contribution in [2.24, 2.45) is 0 Å². The molecule has 0 N–H and O–H groups in total. The van der Waals surface area contributed by atoms with E-state index in [1.807, 2.05) is 30.3 Å². The molecule has 1 aromatic rings. The number of rotatable bonds is 11. The number of halogens is 2. The smallest absolute Gasteiger partial charge is 0.330 e. The molecule has 0 saturated heterocycles. The van der Waals surface area contributed by atoms with Gasteiger partial charge >= 0.3 is 17.9 Å². The lowest BCUT2D eigenvalue weighted by Crippen LogP contribution is -2.14. The van der Waals surface area contributed by atoms with Crippen LogP contribution in [0.1, 0.15) is 24.5 Å². The predicted octanol–water partition coefficient (Wildman–Crippen LogP) is 4.26. The van der Waals surface area contributed by atoms with Crippen molar-refractivity contribution in [3.8, 4) is 0 Å². The zero-order valence-electron chi connectivity index (χ0n) is 18.0. The van der Waals surface area contributed by atoms with E-state index in [9.17, 15) is 19.2 Å². The van der Waals surface area contributed by atoms with Crippen LogP contribution in [0.5, 0.6) is 0 Å². The first kappa shape index (κ1) is 31.3. The first-order valence-electron chi connectivity index (χ1n) is 9.30. The van der Waals surface area contributed by atoms with Gasteiger partial charge in [-0.15, -0.1) is 23.2 Å². The maximum atomic E-state index is 10.8. The molecule has 0 amide bonds. The van der Waals surface area contributed by atoms with Gasteiger partial charge < -0.3 is 14.2 Å². The molecule has 1 rings (SSSR count). The molecule has 0 aliphatic carbocycles. The molecule has 0 aliphatic rings. The van der Waals surface area contributed by atoms with Crippen molar-refractivity contribution in [2.45, 2.75) is 19.2 Å². The zero-order valence-corrected chi connectivity index (χ0v) is 19.5. The van der Waals surface area contributed by atoms with Gasteiger partial charge in [0, 0.05) is 18.0 Å². The Hall–Kier alpha value is -2.90. The Kier molecular flexibility index (Phi) is 20.9. The Morgan fingerprint density at radius 1 is 0.906 bits per heavy atom. The first-order valence-corrected chi connectivity index (χ1v) is 10.4. The van der Waals surface area contributed by atoms with Crippen LogP contribution in [0.25, 0.3) is 6.08 Å². The third-order valence-electron chi connectivity index (χ3n) is 2.98. The molecule has 0 fully saturated rings. The van der Waals surface area contributed by atoms with Crippen LogP contribution in [0.2, 0.25) is 0 Å². The van der Waals surface area contributed by atoms with Crippen molar-refractivity contribution < 1.29 is 33.4 Å². The highest BCUT2D eigenvalue weighted by Gasteiger charge is 2.06. The summed E-state index contributed by atoms with van der Waals surface area (Å²) in [6.45, 7) is 11.5. The number of esters is 3. The number of benzene rings is 1. The van der Waals surface area contributed by atoms with Crippen LogP contribution in [-0.2, 0) is 39.3 Å². The summed E-state index contributed by atoms with van der Waals surface area (Å²) in [5.41, 5.74) is 2.26. The number of carbonyl (C=O) groups is 4. The van der Waals surface area contributed by atoms with Gasteiger partial charge in [0.15, 0.2) is 0 Å². The Bertz CT molecular complexity index is 760. The highest BCUT2D eigenvalue weighted by Crippen LogP contribution is 2.07. The van der Waals surface area contributed by atoms with Crippen LogP contribution >= 0.6 is 23.2 Å². The summed E-state index contributed by atoms with van der Waals surface area (Å²) in [6.07, 6.45) is 3.68. The van der Waals surface area contributed by atoms with Crippen molar-refractivity contribution in [3.05, 3.63) is 67.3 Å². The maximum absolute atomic E-state index is 10.8. The van der Waals surface area contributed by atoms with Gasteiger partial charge in [-0.2, -0.15) is 0 Å². The summed E-state index contributed by atoms with van der Waals surface area (Å²) in [4.78, 5) is 41.9. The molecule has 0 saturated carbocycles. The lowest BCUT2D eigenvalue weighted by molar-refractivity contribution is -0.151. The summed E-state index contributed by atoms with van der Waals surface area (Å²) in [6, 6.07) is 8.01. The fraction of sp³-hybridized carbons (Fsp3) is 0.304. The molecule has 176 valence electrons. The number of hydrogen-bond donors (Lipinski definition) is 0. The van der Waals surface area contributed by atoms with E-state index < -0.39 is 17.9 Å². The van der Waals surface area contributed by atoms with E-state index in [2.05, 4.69) is 33.9 Å². The normalized spacial score (nSPS) is 8.84. The van der Waals surface area contributed by atoms with Gasteiger partial charge in [0.25, 0.3) is 0 Å². The van der Waals surface area contributed by atoms with Crippen LogP contribution in [0.4, 0.5) is 0 Å². The Morgan fingerprint density at radius 2 is 1.47 bits per heavy atom. The average molecular weight is 487 g/mol. The second-order valence-corrected chi connectivity index (χ2v) is 6.26. The third kappa shape index (κ3) is 20.4. The third-order valence-corrected chi connectivity index (χ3v) is 3.44. The lowest BCUT2D eigenvalue weighted by Gasteiger charge is -2.03. The van der Waals surface area contributed by atoms with Crippen molar-refractivity contribution in [2.75, 3.05) is 25.7 Å². The topological polar surface area (TPSA) is 96.0 Å². The van der Waals surface area contributed by atoms with E-state index >= 15 is 0 Å². The fourth-order valence-corrected chi connectivity index (χ4v) is 1.86. The van der Waals surface area contributed by atoms with Gasteiger partial charge in [-0.05, 0) is 18.1 Å². The molecule has 0 heterocycles. The van der Waals surface area contributed by atoms with Gasteiger partial charge in [-0.25, -0.2) is 9.59 Å². The number of carbonyl (C=O) groups excluding carboxylic acids is 4. The molecule has 32 heavy (non-hydrogen) atoms. The van der Waals surface area contributed by atoms with E-state index in [-0.39, 0.29) is 32.0 Å². The summed E-state index contributed by atoms with van der Waals surface area (Å²) in [5, 5.41) is 0. The summed E-state index contributed by atoms with van der Waals surface area (Å²) < 4.78 is 13.6. The quantitative estimate of drug-likeness (QED) is 0.115. The molecule has 0 spiro atoms.